The number of nitrogens with one attached hydrogen (secondary N) is 3. The Morgan fingerprint density at radius 2 is 1.39 bits per heavy atom. The Balaban J connectivity index is 1.32. The van der Waals surface area contributed by atoms with Gasteiger partial charge in [0.2, 0.25) is 0 Å². The van der Waals surface area contributed by atoms with Gasteiger partial charge >= 0.3 is 15.7 Å². The topological polar surface area (TPSA) is 149 Å². The van der Waals surface area contributed by atoms with Crippen molar-refractivity contribution in [1.29, 1.82) is 0 Å². The van der Waals surface area contributed by atoms with Crippen LogP contribution in [0, 0.1) is 0 Å². The molecule has 57 heavy (non-hydrogen) atoms. The van der Waals surface area contributed by atoms with E-state index in [-0.39, 0.29) is 32.1 Å². The molecule has 310 valence electrons. The molecule has 1 unspecified atom stereocenters. The fourth-order valence-corrected chi connectivity index (χ4v) is 7.84. The van der Waals surface area contributed by atoms with Crippen molar-refractivity contribution in [2.75, 3.05) is 16.9 Å². The molecule has 0 aliphatic heterocycles. The molecule has 0 bridgehead atoms. The molecule has 0 fully saturated rings. The summed E-state index contributed by atoms with van der Waals surface area (Å²) in [5.74, 6) is -1.67. The van der Waals surface area contributed by atoms with Crippen LogP contribution in [0.4, 0.5) is 11.5 Å². The highest BCUT2D eigenvalue weighted by molar-refractivity contribution is 7.86. The summed E-state index contributed by atoms with van der Waals surface area (Å²) in [4.78, 5) is 40.1. The second kappa shape index (κ2) is 22.8. The summed E-state index contributed by atoms with van der Waals surface area (Å²) in [5.41, 5.74) is 0.489. The number of anilines is 2. The van der Waals surface area contributed by atoms with Gasteiger partial charge in [0.05, 0.1) is 16.3 Å². The number of hydrogen-bond donors (Lipinski definition) is 3. The fourth-order valence-electron chi connectivity index (χ4n) is 6.40. The van der Waals surface area contributed by atoms with Crippen LogP contribution in [0.15, 0.2) is 65.5 Å². The molecule has 0 saturated heterocycles. The van der Waals surface area contributed by atoms with Crippen LogP contribution in [0.3, 0.4) is 0 Å². The van der Waals surface area contributed by atoms with Gasteiger partial charge in [-0.3, -0.25) is 19.5 Å². The van der Waals surface area contributed by atoms with Crippen LogP contribution >= 0.6 is 34.8 Å². The second-order valence-corrected chi connectivity index (χ2v) is 17.0. The van der Waals surface area contributed by atoms with E-state index in [4.69, 9.17) is 43.7 Å². The van der Waals surface area contributed by atoms with Crippen LogP contribution in [-0.2, 0) is 21.3 Å². The predicted molar refractivity (Wildman–Crippen MR) is 230 cm³/mol. The van der Waals surface area contributed by atoms with Gasteiger partial charge in [-0.2, -0.15) is 8.42 Å². The minimum atomic E-state index is -4.22. The Bertz CT molecular complexity index is 2100. The summed E-state index contributed by atoms with van der Waals surface area (Å²) < 4.78 is 36.0. The lowest BCUT2D eigenvalue weighted by Crippen LogP contribution is -2.32. The fraction of sp³-hybridized carbons (Fsp3) is 0.452. The molecular formula is C42H53Cl3N4O7S. The minimum Gasteiger partial charge on any atom is -0.481 e. The molecule has 1 aromatic heterocycles. The number of amides is 2. The number of carbonyl (C=O) groups is 2. The number of benzene rings is 3. The molecule has 0 spiro atoms. The average Bonchev–Trinajstić information content (AvgIpc) is 3.44. The molecule has 0 radical (unpaired) electrons. The monoisotopic (exact) mass is 862 g/mol. The van der Waals surface area contributed by atoms with Crippen molar-refractivity contribution in [3.63, 3.8) is 0 Å². The zero-order chi connectivity index (χ0) is 41.4. The SMILES string of the molecule is CCCCCCCCCCCCCCCc1cccc(OC(CC)C(=O)Nc2cccc(C(=O)Nc3[nH]n(-c4c(Cl)cc(Cl)cc4Cl)c(=O)c3OS(C)(=O)=O)c2)c1. The van der Waals surface area contributed by atoms with Crippen molar-refractivity contribution < 1.29 is 26.9 Å². The van der Waals surface area contributed by atoms with E-state index in [1.807, 2.05) is 25.1 Å². The van der Waals surface area contributed by atoms with Gasteiger partial charge in [0.15, 0.2) is 11.9 Å². The number of halogens is 3. The number of ether oxygens (including phenoxy) is 1. The lowest BCUT2D eigenvalue weighted by molar-refractivity contribution is -0.122. The van der Waals surface area contributed by atoms with E-state index in [0.717, 1.165) is 29.3 Å². The normalized spacial score (nSPS) is 12.0. The van der Waals surface area contributed by atoms with E-state index in [9.17, 15) is 22.8 Å². The number of unbranched alkanes of at least 4 members (excludes halogenated alkanes) is 12. The number of rotatable bonds is 24. The van der Waals surface area contributed by atoms with Gasteiger partial charge < -0.3 is 19.6 Å². The molecule has 0 saturated carbocycles. The van der Waals surface area contributed by atoms with E-state index in [2.05, 4.69) is 28.7 Å². The van der Waals surface area contributed by atoms with Gasteiger partial charge in [-0.1, -0.05) is 144 Å². The first-order chi connectivity index (χ1) is 27.3. The maximum Gasteiger partial charge on any atom is 0.317 e. The molecule has 1 heterocycles. The quantitative estimate of drug-likeness (QED) is 0.0469. The van der Waals surface area contributed by atoms with Crippen LogP contribution in [-0.4, -0.2) is 42.4 Å². The summed E-state index contributed by atoms with van der Waals surface area (Å²) in [6.07, 6.45) is 18.3. The number of H-pyrrole nitrogens is 1. The van der Waals surface area contributed by atoms with E-state index in [1.165, 1.54) is 101 Å². The van der Waals surface area contributed by atoms with Crippen LogP contribution in [0.25, 0.3) is 5.69 Å². The number of carbonyl (C=O) groups excluding carboxylic acids is 2. The van der Waals surface area contributed by atoms with Crippen LogP contribution < -0.4 is 25.1 Å². The Hall–Kier alpha value is -3.97. The molecule has 15 heteroatoms. The van der Waals surface area contributed by atoms with Gasteiger partial charge in [-0.15, -0.1) is 0 Å². The average molecular weight is 864 g/mol. The minimum absolute atomic E-state index is 0.0323. The number of aromatic nitrogens is 2. The summed E-state index contributed by atoms with van der Waals surface area (Å²) >= 11 is 18.6. The molecule has 1 atom stereocenters. The maximum atomic E-state index is 13.4. The zero-order valence-corrected chi connectivity index (χ0v) is 35.9. The summed E-state index contributed by atoms with van der Waals surface area (Å²) in [6, 6.07) is 16.6. The van der Waals surface area contributed by atoms with Crippen LogP contribution in [0.5, 0.6) is 11.5 Å². The van der Waals surface area contributed by atoms with Crippen LogP contribution in [0.2, 0.25) is 15.1 Å². The first kappa shape index (κ1) is 45.7. The largest absolute Gasteiger partial charge is 0.481 e. The predicted octanol–water partition coefficient (Wildman–Crippen LogP) is 11.1. The molecule has 2 amide bonds. The second-order valence-electron chi connectivity index (χ2n) is 14.1. The standard InChI is InChI=1S/C42H53Cl3N4O7S/c1-4-6-7-8-9-10-11-12-13-14-15-16-17-20-29-21-18-24-33(25-29)55-36(5-2)41(51)46-32-23-19-22-30(26-32)40(50)47-39-38(56-57(3,53)54)42(52)49(48-39)37-34(44)27-31(43)28-35(37)45/h18-19,21-28,36,48H,4-17,20H2,1-3H3,(H,46,51)(H,47,50). The molecule has 0 aliphatic carbocycles. The van der Waals surface area contributed by atoms with E-state index in [1.54, 1.807) is 12.1 Å². The van der Waals surface area contributed by atoms with E-state index in [0.29, 0.717) is 17.9 Å². The lowest BCUT2D eigenvalue weighted by atomic mass is 10.0. The maximum absolute atomic E-state index is 13.4. The molecular weight excluding hydrogens is 811 g/mol. The van der Waals surface area contributed by atoms with Crippen LogP contribution in [0.1, 0.15) is 120 Å². The number of aromatic amines is 1. The van der Waals surface area contributed by atoms with Crippen molar-refractivity contribution in [2.24, 2.45) is 0 Å². The summed E-state index contributed by atoms with van der Waals surface area (Å²) in [6.45, 7) is 4.10. The molecule has 3 aromatic carbocycles. The smallest absolute Gasteiger partial charge is 0.317 e. The van der Waals surface area contributed by atoms with Crippen molar-refractivity contribution in [3.8, 4) is 17.2 Å². The molecule has 4 rings (SSSR count). The van der Waals surface area contributed by atoms with Gasteiger partial charge in [0.1, 0.15) is 11.4 Å². The Kier molecular flexibility index (Phi) is 18.3. The summed E-state index contributed by atoms with van der Waals surface area (Å²) in [7, 11) is -4.22. The first-order valence-electron chi connectivity index (χ1n) is 19.7. The molecule has 0 aliphatic rings. The number of aryl methyl sites for hydroxylation is 1. The third-order valence-corrected chi connectivity index (χ3v) is 10.6. The Morgan fingerprint density at radius 3 is 1.98 bits per heavy atom. The summed E-state index contributed by atoms with van der Waals surface area (Å²) in [5, 5.41) is 8.02. The van der Waals surface area contributed by atoms with E-state index < -0.39 is 39.3 Å². The highest BCUT2D eigenvalue weighted by Crippen LogP contribution is 2.33. The van der Waals surface area contributed by atoms with Gasteiger partial charge in [-0.05, 0) is 67.3 Å². The number of hydrogen-bond acceptors (Lipinski definition) is 7. The van der Waals surface area contributed by atoms with Gasteiger partial charge in [-0.25, -0.2) is 4.68 Å². The third-order valence-electron chi connectivity index (χ3n) is 9.33. The van der Waals surface area contributed by atoms with Crippen molar-refractivity contribution in [2.45, 2.75) is 116 Å². The molecule has 4 aromatic rings. The Morgan fingerprint density at radius 1 is 0.789 bits per heavy atom. The van der Waals surface area contributed by atoms with Gasteiger partial charge in [0.25, 0.3) is 17.6 Å². The number of nitrogens with zero attached hydrogens (tertiary/aromatic N) is 1. The molecule has 3 N–H and O–H groups in total. The Labute approximate surface area is 350 Å². The van der Waals surface area contributed by atoms with E-state index >= 15 is 0 Å². The first-order valence-corrected chi connectivity index (χ1v) is 22.6. The highest BCUT2D eigenvalue weighted by Gasteiger charge is 2.26. The molecule has 11 nitrogen and oxygen atoms in total. The zero-order valence-electron chi connectivity index (χ0n) is 32.8. The van der Waals surface area contributed by atoms with Crippen molar-refractivity contribution in [1.82, 2.24) is 9.78 Å². The third kappa shape index (κ3) is 14.7. The highest BCUT2D eigenvalue weighted by atomic mass is 35.5. The van der Waals surface area contributed by atoms with Gasteiger partial charge in [0, 0.05) is 16.3 Å². The van der Waals surface area contributed by atoms with Crippen molar-refractivity contribution >= 4 is 68.2 Å². The van der Waals surface area contributed by atoms with Crippen molar-refractivity contribution in [3.05, 3.63) is 97.2 Å². The lowest BCUT2D eigenvalue weighted by Gasteiger charge is -2.18.